The molecule has 1 aromatic rings. The summed E-state index contributed by atoms with van der Waals surface area (Å²) in [7, 11) is 0. The minimum atomic E-state index is -1.16. The van der Waals surface area contributed by atoms with Crippen molar-refractivity contribution in [1.29, 1.82) is 0 Å². The van der Waals surface area contributed by atoms with E-state index in [9.17, 15) is 14.4 Å². The number of likely N-dealkylation sites (tertiary alicyclic amines) is 1. The number of nitrogens with two attached hydrogens (primary N) is 1. The third-order valence-corrected chi connectivity index (χ3v) is 4.31. The molecule has 132 valence electrons. The van der Waals surface area contributed by atoms with Crippen molar-refractivity contribution in [2.45, 2.75) is 37.4 Å². The first-order chi connectivity index (χ1) is 11.4. The van der Waals surface area contributed by atoms with Gasteiger partial charge in [0.05, 0.1) is 12.4 Å². The van der Waals surface area contributed by atoms with Crippen molar-refractivity contribution in [3.8, 4) is 0 Å². The quantitative estimate of drug-likeness (QED) is 0.388. The topological polar surface area (TPSA) is 141 Å². The third kappa shape index (κ3) is 4.26. The van der Waals surface area contributed by atoms with Crippen molar-refractivity contribution < 1.29 is 19.5 Å². The molecule has 1 saturated heterocycles. The van der Waals surface area contributed by atoms with E-state index in [1.54, 1.807) is 6.20 Å². The molecule has 0 saturated carbocycles. The number of hydrogen-bond acceptors (Lipinski definition) is 6. The van der Waals surface area contributed by atoms with E-state index in [2.05, 4.69) is 27.9 Å². The van der Waals surface area contributed by atoms with Crippen LogP contribution in [0.15, 0.2) is 12.5 Å². The average molecular weight is 355 g/mol. The van der Waals surface area contributed by atoms with Gasteiger partial charge in [0, 0.05) is 30.6 Å². The molecule has 2 heterocycles. The number of imidazole rings is 1. The van der Waals surface area contributed by atoms with Crippen molar-refractivity contribution in [3.63, 3.8) is 0 Å². The van der Waals surface area contributed by atoms with Gasteiger partial charge in [0.1, 0.15) is 12.1 Å². The first-order valence-corrected chi connectivity index (χ1v) is 8.24. The molecule has 0 spiro atoms. The first kappa shape index (κ1) is 18.3. The lowest BCUT2D eigenvalue weighted by atomic mass is 10.1. The molecular formula is C14H21N5O4S. The second-order valence-electron chi connectivity index (χ2n) is 5.66. The number of hydrogen-bond donors (Lipinski definition) is 5. The van der Waals surface area contributed by atoms with Crippen LogP contribution < -0.4 is 11.1 Å². The van der Waals surface area contributed by atoms with Gasteiger partial charge in [0.15, 0.2) is 0 Å². The Labute approximate surface area is 144 Å². The van der Waals surface area contributed by atoms with E-state index < -0.39 is 30.0 Å². The number of carboxylic acids is 1. The molecule has 2 rings (SSSR count). The predicted molar refractivity (Wildman–Crippen MR) is 88.4 cm³/mol. The number of carbonyl (C=O) groups is 3. The number of nitrogens with zero attached hydrogens (tertiary/aromatic N) is 2. The van der Waals surface area contributed by atoms with Crippen LogP contribution in [0.5, 0.6) is 0 Å². The van der Waals surface area contributed by atoms with Crippen LogP contribution in [-0.2, 0) is 20.8 Å². The van der Waals surface area contributed by atoms with Crippen molar-refractivity contribution >= 4 is 30.4 Å². The Morgan fingerprint density at radius 3 is 2.88 bits per heavy atom. The maximum Gasteiger partial charge on any atom is 0.327 e. The molecular weight excluding hydrogens is 334 g/mol. The fraction of sp³-hybridized carbons (Fsp3) is 0.571. The summed E-state index contributed by atoms with van der Waals surface area (Å²) in [5.41, 5.74) is 6.68. The highest BCUT2D eigenvalue weighted by molar-refractivity contribution is 7.80. The number of aliphatic carboxylic acids is 1. The molecule has 1 aromatic heterocycles. The molecule has 0 bridgehead atoms. The standard InChI is InChI=1S/C14H21N5O4S/c15-9(4-8-5-16-7-17-8)13(21)19-3-1-2-11(19)12(20)18-10(6-24)14(22)23/h5,7,9-11,24H,1-4,6,15H2,(H,16,17)(H,18,20)(H,22,23). The van der Waals surface area contributed by atoms with Gasteiger partial charge in [-0.15, -0.1) is 0 Å². The van der Waals surface area contributed by atoms with Crippen LogP contribution >= 0.6 is 12.6 Å². The van der Waals surface area contributed by atoms with E-state index in [4.69, 9.17) is 10.8 Å². The summed E-state index contributed by atoms with van der Waals surface area (Å²) in [5.74, 6) is -2.01. The van der Waals surface area contributed by atoms with Gasteiger partial charge in [-0.2, -0.15) is 12.6 Å². The van der Waals surface area contributed by atoms with Gasteiger partial charge in [-0.25, -0.2) is 9.78 Å². The lowest BCUT2D eigenvalue weighted by Gasteiger charge is -2.27. The summed E-state index contributed by atoms with van der Waals surface area (Å²) in [6.45, 7) is 0.423. The first-order valence-electron chi connectivity index (χ1n) is 7.61. The molecule has 2 amide bonds. The lowest BCUT2D eigenvalue weighted by Crippen LogP contribution is -2.54. The Bertz CT molecular complexity index is 594. The Morgan fingerprint density at radius 1 is 1.54 bits per heavy atom. The Morgan fingerprint density at radius 2 is 2.29 bits per heavy atom. The average Bonchev–Trinajstić information content (AvgIpc) is 3.22. The van der Waals surface area contributed by atoms with Gasteiger partial charge in [-0.05, 0) is 12.8 Å². The van der Waals surface area contributed by atoms with Crippen LogP contribution in [0.1, 0.15) is 18.5 Å². The Hall–Kier alpha value is -2.07. The van der Waals surface area contributed by atoms with E-state index in [1.165, 1.54) is 11.2 Å². The minimum absolute atomic E-state index is 0.0267. The van der Waals surface area contributed by atoms with E-state index >= 15 is 0 Å². The summed E-state index contributed by atoms with van der Waals surface area (Å²) in [4.78, 5) is 44.0. The molecule has 10 heteroatoms. The molecule has 1 aliphatic rings. The highest BCUT2D eigenvalue weighted by Crippen LogP contribution is 2.19. The highest BCUT2D eigenvalue weighted by Gasteiger charge is 2.37. The van der Waals surface area contributed by atoms with Gasteiger partial charge in [-0.3, -0.25) is 9.59 Å². The van der Waals surface area contributed by atoms with Crippen LogP contribution in [0.25, 0.3) is 0 Å². The van der Waals surface area contributed by atoms with Crippen LogP contribution in [0.3, 0.4) is 0 Å². The number of carboxylic acid groups (broad SMARTS) is 1. The number of nitrogens with one attached hydrogen (secondary N) is 2. The molecule has 24 heavy (non-hydrogen) atoms. The minimum Gasteiger partial charge on any atom is -0.480 e. The van der Waals surface area contributed by atoms with Crippen LogP contribution in [0.4, 0.5) is 0 Å². The van der Waals surface area contributed by atoms with E-state index in [0.717, 1.165) is 5.69 Å². The predicted octanol–water partition coefficient (Wildman–Crippen LogP) is -1.23. The second-order valence-corrected chi connectivity index (χ2v) is 6.02. The van der Waals surface area contributed by atoms with Crippen molar-refractivity contribution in [2.75, 3.05) is 12.3 Å². The summed E-state index contributed by atoms with van der Waals surface area (Å²) in [6, 6.07) is -2.58. The third-order valence-electron chi connectivity index (χ3n) is 3.95. The van der Waals surface area contributed by atoms with E-state index in [-0.39, 0.29) is 18.1 Å². The van der Waals surface area contributed by atoms with Gasteiger partial charge in [0.25, 0.3) is 0 Å². The van der Waals surface area contributed by atoms with Crippen LogP contribution in [0, 0.1) is 0 Å². The second kappa shape index (κ2) is 8.15. The zero-order valence-electron chi connectivity index (χ0n) is 13.0. The highest BCUT2D eigenvalue weighted by atomic mass is 32.1. The molecule has 0 radical (unpaired) electrons. The molecule has 5 N–H and O–H groups in total. The van der Waals surface area contributed by atoms with E-state index in [1.807, 2.05) is 0 Å². The molecule has 9 nitrogen and oxygen atoms in total. The molecule has 3 atom stereocenters. The number of H-pyrrole nitrogens is 1. The molecule has 0 aliphatic carbocycles. The molecule has 1 fully saturated rings. The van der Waals surface area contributed by atoms with Gasteiger partial charge >= 0.3 is 5.97 Å². The van der Waals surface area contributed by atoms with Crippen LogP contribution in [0.2, 0.25) is 0 Å². The number of aromatic amines is 1. The zero-order chi connectivity index (χ0) is 17.7. The summed E-state index contributed by atoms with van der Waals surface area (Å²) in [5, 5.41) is 11.4. The zero-order valence-corrected chi connectivity index (χ0v) is 13.9. The normalized spacial score (nSPS) is 19.8. The number of thiol groups is 1. The fourth-order valence-electron chi connectivity index (χ4n) is 2.69. The molecule has 3 unspecified atom stereocenters. The number of carbonyl (C=O) groups excluding carboxylic acids is 2. The maximum absolute atomic E-state index is 12.5. The SMILES string of the molecule is NC(Cc1cnc[nH]1)C(=O)N1CCCC1C(=O)NC(CS)C(=O)O. The van der Waals surface area contributed by atoms with Gasteiger partial charge in [0.2, 0.25) is 11.8 Å². The number of amides is 2. The molecule has 0 aromatic carbocycles. The van der Waals surface area contributed by atoms with Crippen molar-refractivity contribution in [1.82, 2.24) is 20.2 Å². The van der Waals surface area contributed by atoms with Crippen molar-refractivity contribution in [2.24, 2.45) is 5.73 Å². The fourth-order valence-corrected chi connectivity index (χ4v) is 2.94. The smallest absolute Gasteiger partial charge is 0.327 e. The molecule has 1 aliphatic heterocycles. The Kier molecular flexibility index (Phi) is 6.21. The number of aromatic nitrogens is 2. The number of rotatable bonds is 7. The summed E-state index contributed by atoms with van der Waals surface area (Å²) >= 11 is 3.91. The van der Waals surface area contributed by atoms with Crippen LogP contribution in [-0.4, -0.2) is 68.2 Å². The van der Waals surface area contributed by atoms with Crippen molar-refractivity contribution in [3.05, 3.63) is 18.2 Å². The summed E-state index contributed by atoms with van der Waals surface area (Å²) in [6.07, 6.45) is 4.53. The monoisotopic (exact) mass is 355 g/mol. The van der Waals surface area contributed by atoms with Gasteiger partial charge < -0.3 is 26.0 Å². The Balaban J connectivity index is 1.99. The lowest BCUT2D eigenvalue weighted by molar-refractivity contribution is -0.143. The largest absolute Gasteiger partial charge is 0.480 e. The maximum atomic E-state index is 12.5. The van der Waals surface area contributed by atoms with E-state index in [0.29, 0.717) is 19.4 Å². The van der Waals surface area contributed by atoms with Gasteiger partial charge in [-0.1, -0.05) is 0 Å². The summed E-state index contributed by atoms with van der Waals surface area (Å²) < 4.78 is 0.